The van der Waals surface area contributed by atoms with E-state index in [1.807, 2.05) is 141 Å². The molecule has 0 radical (unpaired) electrons. The highest BCUT2D eigenvalue weighted by atomic mass is 32.3. The minimum absolute atomic E-state index is 0.00311. The molecule has 13 nitrogen and oxygen atoms in total. The van der Waals surface area contributed by atoms with E-state index in [0.29, 0.717) is 65.2 Å². The number of hydrogen-bond acceptors (Lipinski definition) is 27. The van der Waals surface area contributed by atoms with Crippen molar-refractivity contribution >= 4 is 210 Å². The molecule has 8 rings (SSSR count). The van der Waals surface area contributed by atoms with Gasteiger partial charge in [0.2, 0.25) is 0 Å². The number of aliphatic hydroxyl groups is 1. The van der Waals surface area contributed by atoms with Crippen LogP contribution in [0.4, 0.5) is 0 Å². The average Bonchev–Trinajstić information content (AvgIpc) is 4.28. The fourth-order valence-corrected chi connectivity index (χ4v) is 29.2. The molecule has 1 aromatic carbocycles. The van der Waals surface area contributed by atoms with Crippen molar-refractivity contribution in [3.05, 3.63) is 104 Å². The predicted octanol–water partition coefficient (Wildman–Crippen LogP) is 11.5. The van der Waals surface area contributed by atoms with Gasteiger partial charge in [0.15, 0.2) is 0 Å². The Balaban J connectivity index is 0.844. The Morgan fingerprint density at radius 2 is 0.770 bits per heavy atom. The summed E-state index contributed by atoms with van der Waals surface area (Å²) in [5.74, 6) is 4.12. The van der Waals surface area contributed by atoms with Crippen molar-refractivity contribution in [2.75, 3.05) is 133 Å². The number of hydrogen-bond donors (Lipinski definition) is 1. The second-order valence-electron chi connectivity index (χ2n) is 15.0. The zero-order chi connectivity index (χ0) is 51.8. The molecule has 3 aromatic rings. The molecule has 0 atom stereocenters. The Hall–Kier alpha value is 1.26. The molecule has 0 spiro atoms. The van der Waals surface area contributed by atoms with Gasteiger partial charge in [-0.15, -0.1) is 94.1 Å². The quantitative estimate of drug-likeness (QED) is 0.143. The molecule has 8 bridgehead atoms. The van der Waals surface area contributed by atoms with Crippen LogP contribution in [0.3, 0.4) is 0 Å². The molecular weight excluding hydrogens is 1260 g/mol. The molecule has 2 aromatic heterocycles. The zero-order valence-corrected chi connectivity index (χ0v) is 53.3. The summed E-state index contributed by atoms with van der Waals surface area (Å²) in [6.07, 6.45) is 6.46. The number of aromatic nitrogens is 2. The van der Waals surface area contributed by atoms with Crippen molar-refractivity contribution in [2.24, 2.45) is 0 Å². The normalized spacial score (nSPS) is 21.1. The molecule has 0 saturated heterocycles. The highest BCUT2D eigenvalue weighted by Gasteiger charge is 2.32. The summed E-state index contributed by atoms with van der Waals surface area (Å²) in [7, 11) is 0. The minimum atomic E-state index is -0.546. The summed E-state index contributed by atoms with van der Waals surface area (Å²) >= 11 is 29.5. The monoisotopic (exact) mass is 1310 g/mol. The van der Waals surface area contributed by atoms with Crippen LogP contribution in [0.25, 0.3) is 21.5 Å². The number of thioether (sulfide) groups is 16. The lowest BCUT2D eigenvalue weighted by molar-refractivity contribution is 0.0605. The molecule has 29 heteroatoms. The number of fused-ring (bicyclic) bond motifs is 10. The van der Waals surface area contributed by atoms with Gasteiger partial charge in [0.25, 0.3) is 22.2 Å². The van der Waals surface area contributed by atoms with Gasteiger partial charge in [0.1, 0.15) is 0 Å². The summed E-state index contributed by atoms with van der Waals surface area (Å²) in [5.41, 5.74) is -2.13. The highest BCUT2D eigenvalue weighted by Crippen LogP contribution is 2.67. The molecule has 5 aliphatic heterocycles. The predicted molar refractivity (Wildman–Crippen MR) is 343 cm³/mol. The summed E-state index contributed by atoms with van der Waals surface area (Å²) in [5, 5.41) is 9.32. The van der Waals surface area contributed by atoms with Crippen LogP contribution in [-0.4, -0.2) is 148 Å². The summed E-state index contributed by atoms with van der Waals surface area (Å²) in [6.45, 7) is 5.41. The lowest BCUT2D eigenvalue weighted by Crippen LogP contribution is -2.28. The van der Waals surface area contributed by atoms with Crippen molar-refractivity contribution in [1.29, 1.82) is 0 Å². The van der Waals surface area contributed by atoms with E-state index in [1.165, 1.54) is 63.0 Å². The van der Waals surface area contributed by atoms with Gasteiger partial charge in [-0.05, 0) is 30.9 Å². The average molecular weight is 1310 g/mol. The largest absolute Gasteiger partial charge is 0.394 e. The Kier molecular flexibility index (Phi) is 26.7. The molecule has 0 aliphatic carbocycles. The van der Waals surface area contributed by atoms with Gasteiger partial charge in [-0.1, -0.05) is 94.1 Å². The van der Waals surface area contributed by atoms with E-state index in [1.54, 1.807) is 47.0 Å². The van der Waals surface area contributed by atoms with Crippen molar-refractivity contribution in [3.8, 4) is 0 Å². The van der Waals surface area contributed by atoms with Gasteiger partial charge in [-0.2, -0.15) is 0 Å². The Labute approximate surface area is 497 Å². The maximum absolute atomic E-state index is 13.4. The summed E-state index contributed by atoms with van der Waals surface area (Å²) in [4.78, 5) is 53.0. The van der Waals surface area contributed by atoms with Crippen molar-refractivity contribution in [3.63, 3.8) is 0 Å². The molecule has 5 aliphatic rings. The van der Waals surface area contributed by atoms with Crippen LogP contribution in [-0.2, 0) is 41.5 Å². The van der Waals surface area contributed by atoms with Crippen molar-refractivity contribution in [2.45, 2.75) is 13.1 Å². The van der Waals surface area contributed by atoms with E-state index in [9.17, 15) is 19.2 Å². The maximum Gasteiger partial charge on any atom is 0.261 e. The fraction of sp³-hybridized carbons (Fsp3) is 0.511. The smallest absolute Gasteiger partial charge is 0.261 e. The van der Waals surface area contributed by atoms with Gasteiger partial charge < -0.3 is 33.5 Å². The molecular formula is C45H52N2O11S16. The van der Waals surface area contributed by atoms with E-state index < -0.39 is 22.2 Å². The molecule has 7 heterocycles. The lowest BCUT2D eigenvalue weighted by atomic mass is 10.1. The van der Waals surface area contributed by atoms with Gasteiger partial charge in [-0.3, -0.25) is 28.3 Å². The Morgan fingerprint density at radius 1 is 0.446 bits per heavy atom. The molecule has 0 amide bonds. The number of aliphatic hydroxyl groups excluding tert-OH is 1. The van der Waals surface area contributed by atoms with Crippen LogP contribution in [0, 0.1) is 0 Å². The van der Waals surface area contributed by atoms with Crippen LogP contribution in [0.5, 0.6) is 0 Å². The first-order valence-corrected chi connectivity index (χ1v) is 38.0. The SMILES string of the molecule is CSC1=C2SCCOCCOCCSC3=C(SC)S/C(=C4\SC(SC)=C(SCCOCCOCCSC5=C(SCCOCCn6c(=O)c7cc8c(=O)n(CCOCCO)c(=O)c8cc7c6=O)SC(=C(S1)S2)S5)S4)S3. The third kappa shape index (κ3) is 16.5. The second kappa shape index (κ2) is 32.2. The molecule has 74 heavy (non-hydrogen) atoms. The van der Waals surface area contributed by atoms with Crippen LogP contribution in [0.15, 0.2) is 82.2 Å². The number of ether oxygens (including phenoxy) is 6. The third-order valence-electron chi connectivity index (χ3n) is 10.3. The molecule has 0 unspecified atom stereocenters. The first-order valence-electron chi connectivity index (χ1n) is 22.8. The first-order chi connectivity index (χ1) is 36.2. The van der Waals surface area contributed by atoms with E-state index in [2.05, 4.69) is 18.8 Å². The Bertz CT molecular complexity index is 2810. The molecule has 0 fully saturated rings. The molecule has 0 saturated carbocycles. The van der Waals surface area contributed by atoms with Gasteiger partial charge >= 0.3 is 0 Å². The van der Waals surface area contributed by atoms with Crippen LogP contribution >= 0.6 is 188 Å². The standard InChI is InChI=1S/C45H52N2O11S16/c1-59-34-37-62-20-15-55-10-11-56-17-22-64-39-36(61-3)69-44(72-39)45-73-40(41(74-45)66-23-18-58-13-12-57-16-21-63-38-35(60-2)68-43(71-38)42(67-34)70-37)65-19-14-54-8-5-47-32(51)28-24-26-27(25-29(28)33(47)52)31(50)46(30(26)49)4-7-53-9-6-48/h24-25,48H,4-23H2,1-3H3/b43-42-,45-44?. The topological polar surface area (TPSA) is 154 Å². The van der Waals surface area contributed by atoms with Gasteiger partial charge in [0, 0.05) is 28.8 Å². The summed E-state index contributed by atoms with van der Waals surface area (Å²) in [6, 6.07) is 2.70. The third-order valence-corrected chi connectivity index (χ3v) is 32.8. The van der Waals surface area contributed by atoms with Gasteiger partial charge in [0.05, 0.1) is 171 Å². The number of rotatable bonds is 15. The van der Waals surface area contributed by atoms with E-state index in [0.717, 1.165) is 32.1 Å². The molecule has 1 N–H and O–H groups in total. The van der Waals surface area contributed by atoms with Crippen molar-refractivity contribution < 1.29 is 33.5 Å². The van der Waals surface area contributed by atoms with E-state index in [4.69, 9.17) is 33.5 Å². The highest BCUT2D eigenvalue weighted by molar-refractivity contribution is 8.46. The minimum Gasteiger partial charge on any atom is -0.394 e. The fourth-order valence-electron chi connectivity index (χ4n) is 6.91. The molecule has 404 valence electrons. The van der Waals surface area contributed by atoms with Crippen LogP contribution in [0.2, 0.25) is 0 Å². The number of benzene rings is 1. The van der Waals surface area contributed by atoms with Gasteiger partial charge in [-0.25, -0.2) is 0 Å². The summed E-state index contributed by atoms with van der Waals surface area (Å²) < 4.78 is 53.3. The lowest BCUT2D eigenvalue weighted by Gasteiger charge is -2.08. The maximum atomic E-state index is 13.4. The van der Waals surface area contributed by atoms with E-state index >= 15 is 0 Å². The number of nitrogens with zero attached hydrogens (tertiary/aromatic N) is 2. The Morgan fingerprint density at radius 3 is 1.11 bits per heavy atom. The van der Waals surface area contributed by atoms with E-state index in [-0.39, 0.29) is 61.1 Å². The van der Waals surface area contributed by atoms with Crippen LogP contribution in [0.1, 0.15) is 0 Å². The zero-order valence-electron chi connectivity index (χ0n) is 40.3. The van der Waals surface area contributed by atoms with Crippen molar-refractivity contribution in [1.82, 2.24) is 9.13 Å². The second-order valence-corrected chi connectivity index (χ2v) is 34.2. The first kappa shape index (κ1) is 61.3. The van der Waals surface area contributed by atoms with Crippen LogP contribution < -0.4 is 22.2 Å².